The number of benzene rings is 3. The molecule has 0 amide bonds. The summed E-state index contributed by atoms with van der Waals surface area (Å²) in [6.07, 6.45) is -2.61. The SMILES string of the molecule is Cc1c(CC(C)(C)C)ccc2c1sc1c(-c3cc(C(C)(C)C)c4ccccc4c3)ncc(C(F)(F)F)c12. The van der Waals surface area contributed by atoms with Gasteiger partial charge in [0.15, 0.2) is 0 Å². The number of hydrogen-bond donors (Lipinski definition) is 0. The number of nitrogens with zero attached hydrogens (tertiary/aromatic N) is 1. The molecule has 0 N–H and O–H groups in total. The van der Waals surface area contributed by atoms with Crippen LogP contribution in [0.5, 0.6) is 0 Å². The van der Waals surface area contributed by atoms with Crippen molar-refractivity contribution in [3.05, 3.63) is 77.0 Å². The van der Waals surface area contributed by atoms with Crippen LogP contribution < -0.4 is 0 Å². The molecule has 5 heteroatoms. The third-order valence-electron chi connectivity index (χ3n) is 7.00. The second-order valence-electron chi connectivity index (χ2n) is 12.3. The maximum atomic E-state index is 14.3. The van der Waals surface area contributed by atoms with Crippen LogP contribution in [0.1, 0.15) is 63.8 Å². The van der Waals surface area contributed by atoms with Gasteiger partial charge in [-0.1, -0.05) is 77.9 Å². The zero-order chi connectivity index (χ0) is 26.9. The van der Waals surface area contributed by atoms with Gasteiger partial charge in [0.05, 0.1) is 16.0 Å². The molecule has 1 nitrogen and oxygen atoms in total. The number of halogens is 3. The van der Waals surface area contributed by atoms with Gasteiger partial charge in [-0.2, -0.15) is 13.2 Å². The van der Waals surface area contributed by atoms with Gasteiger partial charge in [-0.3, -0.25) is 4.98 Å². The maximum Gasteiger partial charge on any atom is 0.418 e. The summed E-state index contributed by atoms with van der Waals surface area (Å²) >= 11 is 1.44. The van der Waals surface area contributed by atoms with E-state index in [1.807, 2.05) is 31.2 Å². The van der Waals surface area contributed by atoms with Gasteiger partial charge >= 0.3 is 6.18 Å². The highest BCUT2D eigenvalue weighted by molar-refractivity contribution is 7.26. The second-order valence-corrected chi connectivity index (χ2v) is 13.3. The molecule has 0 saturated carbocycles. The first-order valence-corrected chi connectivity index (χ1v) is 13.4. The quantitative estimate of drug-likeness (QED) is 0.226. The van der Waals surface area contributed by atoms with E-state index in [0.717, 1.165) is 44.8 Å². The van der Waals surface area contributed by atoms with E-state index in [1.165, 1.54) is 16.9 Å². The van der Waals surface area contributed by atoms with Gasteiger partial charge < -0.3 is 0 Å². The average Bonchev–Trinajstić information content (AvgIpc) is 3.18. The van der Waals surface area contributed by atoms with E-state index in [2.05, 4.69) is 70.8 Å². The molecule has 3 aromatic carbocycles. The van der Waals surface area contributed by atoms with Gasteiger partial charge in [-0.25, -0.2) is 0 Å². The van der Waals surface area contributed by atoms with Crippen molar-refractivity contribution in [2.75, 3.05) is 0 Å². The molecule has 0 atom stereocenters. The van der Waals surface area contributed by atoms with Gasteiger partial charge in [0.25, 0.3) is 0 Å². The molecule has 0 radical (unpaired) electrons. The van der Waals surface area contributed by atoms with Gasteiger partial charge in [0.2, 0.25) is 0 Å². The lowest BCUT2D eigenvalue weighted by Gasteiger charge is -2.23. The van der Waals surface area contributed by atoms with Crippen molar-refractivity contribution in [2.45, 2.75) is 66.5 Å². The molecule has 5 rings (SSSR count). The van der Waals surface area contributed by atoms with E-state index in [0.29, 0.717) is 15.8 Å². The predicted molar refractivity (Wildman–Crippen MR) is 152 cm³/mol. The van der Waals surface area contributed by atoms with Crippen LogP contribution in [-0.2, 0) is 18.0 Å². The molecular weight excluding hydrogens is 487 g/mol. The maximum absolute atomic E-state index is 14.3. The van der Waals surface area contributed by atoms with E-state index >= 15 is 0 Å². The summed E-state index contributed by atoms with van der Waals surface area (Å²) in [4.78, 5) is 4.47. The largest absolute Gasteiger partial charge is 0.418 e. The molecule has 2 aromatic heterocycles. The highest BCUT2D eigenvalue weighted by atomic mass is 32.1. The monoisotopic (exact) mass is 519 g/mol. The first kappa shape index (κ1) is 25.7. The van der Waals surface area contributed by atoms with Crippen molar-refractivity contribution in [3.8, 4) is 11.3 Å². The van der Waals surface area contributed by atoms with Gasteiger partial charge in [-0.05, 0) is 63.8 Å². The van der Waals surface area contributed by atoms with E-state index in [1.54, 1.807) is 0 Å². The molecule has 37 heavy (non-hydrogen) atoms. The molecule has 0 saturated heterocycles. The summed E-state index contributed by atoms with van der Waals surface area (Å²) in [7, 11) is 0. The van der Waals surface area contributed by atoms with Crippen LogP contribution in [0.25, 0.3) is 42.2 Å². The summed E-state index contributed by atoms with van der Waals surface area (Å²) in [6, 6.07) is 16.2. The Balaban J connectivity index is 1.87. The minimum atomic E-state index is -4.49. The zero-order valence-electron chi connectivity index (χ0n) is 22.4. The summed E-state index contributed by atoms with van der Waals surface area (Å²) in [5, 5.41) is 3.13. The minimum absolute atomic E-state index is 0.0768. The number of pyridine rings is 1. The molecule has 0 aliphatic rings. The standard InChI is InChI=1S/C32H32F3NS/c1-18-20(16-30(2,3)4)12-13-23-26-25(32(33,34)35)17-36-27(29(26)37-28(18)23)21-14-19-10-8-9-11-22(19)24(15-21)31(5,6)7/h8-15,17H,16H2,1-7H3. The fraction of sp³-hybridized carbons (Fsp3) is 0.344. The number of aryl methyl sites for hydroxylation is 1. The van der Waals surface area contributed by atoms with E-state index in [-0.39, 0.29) is 16.2 Å². The number of rotatable bonds is 2. The lowest BCUT2D eigenvalue weighted by molar-refractivity contribution is -0.136. The van der Waals surface area contributed by atoms with Gasteiger partial charge in [-0.15, -0.1) is 11.3 Å². The Hall–Kier alpha value is -2.92. The number of fused-ring (bicyclic) bond motifs is 4. The Labute approximate surface area is 220 Å². The number of alkyl halides is 3. The summed E-state index contributed by atoms with van der Waals surface area (Å²) < 4.78 is 44.3. The molecular formula is C32H32F3NS. The average molecular weight is 520 g/mol. The number of thiophene rings is 1. The first-order valence-electron chi connectivity index (χ1n) is 12.6. The fourth-order valence-electron chi connectivity index (χ4n) is 5.27. The first-order chi connectivity index (χ1) is 17.1. The number of hydrogen-bond acceptors (Lipinski definition) is 2. The third-order valence-corrected chi connectivity index (χ3v) is 8.33. The molecule has 0 fully saturated rings. The van der Waals surface area contributed by atoms with E-state index in [9.17, 15) is 13.2 Å². The van der Waals surface area contributed by atoms with Crippen LogP contribution in [0.2, 0.25) is 0 Å². The second kappa shape index (κ2) is 8.56. The lowest BCUT2D eigenvalue weighted by atomic mass is 9.82. The molecule has 0 bridgehead atoms. The van der Waals surface area contributed by atoms with Crippen LogP contribution in [0.15, 0.2) is 54.7 Å². The van der Waals surface area contributed by atoms with Crippen molar-refractivity contribution in [2.24, 2.45) is 5.41 Å². The van der Waals surface area contributed by atoms with E-state index < -0.39 is 11.7 Å². The van der Waals surface area contributed by atoms with Crippen molar-refractivity contribution in [1.82, 2.24) is 4.98 Å². The Morgan fingerprint density at radius 1 is 0.811 bits per heavy atom. The molecule has 0 aliphatic carbocycles. The Morgan fingerprint density at radius 3 is 2.16 bits per heavy atom. The topological polar surface area (TPSA) is 12.9 Å². The normalized spacial score (nSPS) is 13.2. The van der Waals surface area contributed by atoms with Crippen LogP contribution in [0.3, 0.4) is 0 Å². The van der Waals surface area contributed by atoms with E-state index in [4.69, 9.17) is 0 Å². The highest BCUT2D eigenvalue weighted by Crippen LogP contribution is 2.47. The Kier molecular flexibility index (Phi) is 5.95. The molecule has 2 heterocycles. The fourth-order valence-corrected chi connectivity index (χ4v) is 6.63. The lowest BCUT2D eigenvalue weighted by Crippen LogP contribution is -2.12. The predicted octanol–water partition coefficient (Wildman–Crippen LogP) is 10.5. The minimum Gasteiger partial charge on any atom is -0.254 e. The molecule has 5 aromatic rings. The molecule has 192 valence electrons. The molecule has 0 aliphatic heterocycles. The van der Waals surface area contributed by atoms with Crippen LogP contribution in [-0.4, -0.2) is 4.98 Å². The van der Waals surface area contributed by atoms with Crippen molar-refractivity contribution < 1.29 is 13.2 Å². The van der Waals surface area contributed by atoms with Crippen LogP contribution >= 0.6 is 11.3 Å². The highest BCUT2D eigenvalue weighted by Gasteiger charge is 2.35. The molecule has 0 unspecified atom stereocenters. The summed E-state index contributed by atoms with van der Waals surface area (Å²) in [5.74, 6) is 0. The smallest absolute Gasteiger partial charge is 0.254 e. The van der Waals surface area contributed by atoms with Crippen LogP contribution in [0.4, 0.5) is 13.2 Å². The zero-order valence-corrected chi connectivity index (χ0v) is 23.2. The van der Waals surface area contributed by atoms with Crippen LogP contribution in [0, 0.1) is 12.3 Å². The Morgan fingerprint density at radius 2 is 1.51 bits per heavy atom. The Bertz CT molecular complexity index is 1660. The number of aromatic nitrogens is 1. The van der Waals surface area contributed by atoms with Gasteiger partial charge in [0.1, 0.15) is 0 Å². The summed E-state index contributed by atoms with van der Waals surface area (Å²) in [6.45, 7) is 15.1. The summed E-state index contributed by atoms with van der Waals surface area (Å²) in [5.41, 5.74) is 4.11. The molecule has 0 spiro atoms. The van der Waals surface area contributed by atoms with Crippen molar-refractivity contribution in [1.29, 1.82) is 0 Å². The third kappa shape index (κ3) is 4.63. The van der Waals surface area contributed by atoms with Crippen molar-refractivity contribution in [3.63, 3.8) is 0 Å². The van der Waals surface area contributed by atoms with Gasteiger partial charge in [0, 0.05) is 27.2 Å². The van der Waals surface area contributed by atoms with Crippen molar-refractivity contribution >= 4 is 42.3 Å².